The molecule has 2 heterocycles. The largest absolute Gasteiger partial charge is 0.399 e. The van der Waals surface area contributed by atoms with Crippen molar-refractivity contribution in [1.29, 1.82) is 0 Å². The first-order chi connectivity index (χ1) is 11.8. The molecular formula is C19H17N5. The van der Waals surface area contributed by atoms with Crippen LogP contribution in [0.2, 0.25) is 0 Å². The number of anilines is 1. The van der Waals surface area contributed by atoms with Gasteiger partial charge in [-0.3, -0.25) is 10.1 Å². The summed E-state index contributed by atoms with van der Waals surface area (Å²) in [7, 11) is 0. The van der Waals surface area contributed by atoms with Crippen LogP contribution in [0.1, 0.15) is 22.9 Å². The third-order valence-electron chi connectivity index (χ3n) is 3.92. The summed E-state index contributed by atoms with van der Waals surface area (Å²) in [4.78, 5) is 9.23. The van der Waals surface area contributed by atoms with Crippen LogP contribution in [-0.2, 0) is 12.8 Å². The van der Waals surface area contributed by atoms with Gasteiger partial charge in [0.25, 0.3) is 0 Å². The number of rotatable bonds is 4. The summed E-state index contributed by atoms with van der Waals surface area (Å²) >= 11 is 0. The van der Waals surface area contributed by atoms with Gasteiger partial charge in [0.15, 0.2) is 5.82 Å². The van der Waals surface area contributed by atoms with Crippen molar-refractivity contribution in [2.24, 2.45) is 0 Å². The van der Waals surface area contributed by atoms with E-state index >= 15 is 0 Å². The van der Waals surface area contributed by atoms with Crippen molar-refractivity contribution in [3.63, 3.8) is 0 Å². The Morgan fingerprint density at radius 1 is 0.833 bits per heavy atom. The number of nitrogen functional groups attached to an aromatic ring is 1. The maximum atomic E-state index is 5.71. The molecule has 0 aliphatic heterocycles. The van der Waals surface area contributed by atoms with E-state index in [1.54, 1.807) is 0 Å². The molecule has 4 rings (SSSR count). The molecule has 5 nitrogen and oxygen atoms in total. The van der Waals surface area contributed by atoms with Crippen LogP contribution in [0.15, 0.2) is 60.7 Å². The molecule has 0 aliphatic carbocycles. The van der Waals surface area contributed by atoms with Crippen LogP contribution < -0.4 is 5.73 Å². The molecule has 5 heteroatoms. The summed E-state index contributed by atoms with van der Waals surface area (Å²) in [5.74, 6) is 1.60. The van der Waals surface area contributed by atoms with Crippen LogP contribution in [0.25, 0.3) is 10.9 Å². The van der Waals surface area contributed by atoms with Gasteiger partial charge in [0.1, 0.15) is 5.82 Å². The Morgan fingerprint density at radius 3 is 2.54 bits per heavy atom. The van der Waals surface area contributed by atoms with Gasteiger partial charge in [-0.1, -0.05) is 36.4 Å². The third kappa shape index (κ3) is 3.10. The van der Waals surface area contributed by atoms with Crippen molar-refractivity contribution in [2.45, 2.75) is 12.8 Å². The zero-order chi connectivity index (χ0) is 16.4. The smallest absolute Gasteiger partial charge is 0.156 e. The number of hydrogen-bond acceptors (Lipinski definition) is 4. The minimum Gasteiger partial charge on any atom is -0.399 e. The van der Waals surface area contributed by atoms with Crippen molar-refractivity contribution >= 4 is 16.6 Å². The highest BCUT2D eigenvalue weighted by Crippen LogP contribution is 2.14. The molecule has 0 atom stereocenters. The normalized spacial score (nSPS) is 11.0. The first kappa shape index (κ1) is 14.4. The molecule has 2 aromatic carbocycles. The van der Waals surface area contributed by atoms with Gasteiger partial charge in [-0.25, -0.2) is 4.98 Å². The number of aromatic nitrogens is 4. The van der Waals surface area contributed by atoms with Crippen molar-refractivity contribution in [2.75, 3.05) is 5.73 Å². The van der Waals surface area contributed by atoms with Gasteiger partial charge < -0.3 is 5.73 Å². The summed E-state index contributed by atoms with van der Waals surface area (Å²) in [6.45, 7) is 0. The summed E-state index contributed by atoms with van der Waals surface area (Å²) < 4.78 is 0. The fourth-order valence-corrected chi connectivity index (χ4v) is 2.69. The van der Waals surface area contributed by atoms with E-state index in [-0.39, 0.29) is 0 Å². The predicted molar refractivity (Wildman–Crippen MR) is 94.6 cm³/mol. The first-order valence-corrected chi connectivity index (χ1v) is 7.85. The Labute approximate surface area is 139 Å². The molecular weight excluding hydrogens is 298 g/mol. The van der Waals surface area contributed by atoms with Gasteiger partial charge in [-0.05, 0) is 29.8 Å². The number of pyridine rings is 1. The van der Waals surface area contributed by atoms with Crippen molar-refractivity contribution in [3.8, 4) is 0 Å². The molecule has 0 amide bonds. The Balaban J connectivity index is 1.50. The van der Waals surface area contributed by atoms with Crippen LogP contribution in [0.3, 0.4) is 0 Å². The van der Waals surface area contributed by atoms with Crippen LogP contribution in [0.4, 0.5) is 5.69 Å². The molecule has 4 aromatic rings. The van der Waals surface area contributed by atoms with Crippen LogP contribution >= 0.6 is 0 Å². The minimum absolute atomic E-state index is 0.614. The first-order valence-electron chi connectivity index (χ1n) is 7.85. The lowest BCUT2D eigenvalue weighted by Crippen LogP contribution is -1.95. The van der Waals surface area contributed by atoms with Gasteiger partial charge in [0.2, 0.25) is 0 Å². The Morgan fingerprint density at radius 2 is 1.67 bits per heavy atom. The van der Waals surface area contributed by atoms with E-state index in [4.69, 9.17) is 5.73 Å². The lowest BCUT2D eigenvalue weighted by molar-refractivity contribution is 0.944. The van der Waals surface area contributed by atoms with E-state index in [1.165, 1.54) is 0 Å². The molecule has 0 bridgehead atoms. The second-order valence-electron chi connectivity index (χ2n) is 5.79. The van der Waals surface area contributed by atoms with E-state index in [9.17, 15) is 0 Å². The molecule has 0 aliphatic rings. The van der Waals surface area contributed by atoms with E-state index in [0.717, 1.165) is 39.5 Å². The Hall–Kier alpha value is -3.21. The van der Waals surface area contributed by atoms with Crippen molar-refractivity contribution in [1.82, 2.24) is 20.2 Å². The summed E-state index contributed by atoms with van der Waals surface area (Å²) in [6, 6.07) is 20.0. The highest BCUT2D eigenvalue weighted by molar-refractivity contribution is 5.78. The monoisotopic (exact) mass is 315 g/mol. The van der Waals surface area contributed by atoms with Gasteiger partial charge in [0.05, 0.1) is 11.9 Å². The molecule has 118 valence electrons. The zero-order valence-electron chi connectivity index (χ0n) is 13.1. The molecule has 0 saturated carbocycles. The van der Waals surface area contributed by atoms with E-state index in [2.05, 4.69) is 32.3 Å². The van der Waals surface area contributed by atoms with Crippen LogP contribution in [0.5, 0.6) is 0 Å². The number of aromatic amines is 1. The molecule has 0 radical (unpaired) electrons. The zero-order valence-corrected chi connectivity index (χ0v) is 13.1. The molecule has 2 aromatic heterocycles. The maximum absolute atomic E-state index is 5.71. The fraction of sp³-hybridized carbons (Fsp3) is 0.105. The topological polar surface area (TPSA) is 80.5 Å². The number of nitrogens with zero attached hydrogens (tertiary/aromatic N) is 3. The fourth-order valence-electron chi connectivity index (χ4n) is 2.69. The standard InChI is InChI=1S/C19H17N5/c20-15-8-5-13(6-9-15)11-18-22-19(24-23-18)12-16-10-7-14-3-1-2-4-17(14)21-16/h1-10H,11-12,20H2,(H,22,23,24). The van der Waals surface area contributed by atoms with Gasteiger partial charge in [-0.2, -0.15) is 5.10 Å². The number of benzene rings is 2. The number of fused-ring (bicyclic) bond motifs is 1. The third-order valence-corrected chi connectivity index (χ3v) is 3.92. The minimum atomic E-state index is 0.614. The number of hydrogen-bond donors (Lipinski definition) is 2. The summed E-state index contributed by atoms with van der Waals surface area (Å²) in [6.07, 6.45) is 1.32. The number of nitrogens with two attached hydrogens (primary N) is 1. The number of nitrogens with one attached hydrogen (secondary N) is 1. The van der Waals surface area contributed by atoms with Gasteiger partial charge in [-0.15, -0.1) is 0 Å². The highest BCUT2D eigenvalue weighted by Gasteiger charge is 2.07. The maximum Gasteiger partial charge on any atom is 0.156 e. The molecule has 3 N–H and O–H groups in total. The predicted octanol–water partition coefficient (Wildman–Crippen LogP) is 3.12. The lowest BCUT2D eigenvalue weighted by Gasteiger charge is -2.00. The molecule has 24 heavy (non-hydrogen) atoms. The SMILES string of the molecule is Nc1ccc(Cc2nc(Cc3ccc4ccccc4n3)n[nH]2)cc1. The Bertz CT molecular complexity index is 972. The summed E-state index contributed by atoms with van der Waals surface area (Å²) in [5.41, 5.74) is 9.58. The van der Waals surface area contributed by atoms with Crippen LogP contribution in [0, 0.1) is 0 Å². The van der Waals surface area contributed by atoms with Gasteiger partial charge >= 0.3 is 0 Å². The highest BCUT2D eigenvalue weighted by atomic mass is 15.2. The van der Waals surface area contributed by atoms with E-state index in [1.807, 2.05) is 48.5 Å². The molecule has 0 fully saturated rings. The van der Waals surface area contributed by atoms with E-state index in [0.29, 0.717) is 12.8 Å². The second-order valence-corrected chi connectivity index (χ2v) is 5.79. The lowest BCUT2D eigenvalue weighted by atomic mass is 10.1. The van der Waals surface area contributed by atoms with E-state index < -0.39 is 0 Å². The second kappa shape index (κ2) is 6.12. The summed E-state index contributed by atoms with van der Waals surface area (Å²) in [5, 5.41) is 8.45. The average Bonchev–Trinajstić information content (AvgIpc) is 3.04. The molecule has 0 unspecified atom stereocenters. The quantitative estimate of drug-likeness (QED) is 0.567. The van der Waals surface area contributed by atoms with Crippen LogP contribution in [-0.4, -0.2) is 20.2 Å². The Kier molecular flexibility index (Phi) is 3.67. The molecule has 0 spiro atoms. The number of para-hydroxylation sites is 1. The van der Waals surface area contributed by atoms with Crippen molar-refractivity contribution in [3.05, 3.63) is 83.6 Å². The average molecular weight is 315 g/mol. The number of H-pyrrole nitrogens is 1. The molecule has 0 saturated heterocycles. The van der Waals surface area contributed by atoms with Crippen molar-refractivity contribution < 1.29 is 0 Å². The van der Waals surface area contributed by atoms with Gasteiger partial charge in [0, 0.05) is 23.2 Å².